The van der Waals surface area contributed by atoms with Gasteiger partial charge in [-0.1, -0.05) is 35.3 Å². The Hall–Kier alpha value is -2.28. The number of anilines is 1. The molecule has 0 bridgehead atoms. The maximum Gasteiger partial charge on any atom is 0.244 e. The summed E-state index contributed by atoms with van der Waals surface area (Å²) in [5, 5.41) is 16.6. The van der Waals surface area contributed by atoms with Gasteiger partial charge in [0.2, 0.25) is 11.8 Å². The smallest absolute Gasteiger partial charge is 0.244 e. The zero-order chi connectivity index (χ0) is 18.7. The maximum absolute atomic E-state index is 12.4. The van der Waals surface area contributed by atoms with Crippen molar-refractivity contribution in [1.82, 2.24) is 10.2 Å². The first-order valence-electron chi connectivity index (χ1n) is 7.97. The lowest BCUT2D eigenvalue weighted by Crippen LogP contribution is -2.49. The van der Waals surface area contributed by atoms with Crippen molar-refractivity contribution in [2.75, 3.05) is 18.5 Å². The van der Waals surface area contributed by atoms with Crippen LogP contribution in [-0.4, -0.2) is 35.0 Å². The third-order valence-corrected chi connectivity index (χ3v) is 4.59. The van der Waals surface area contributed by atoms with Crippen LogP contribution in [0.3, 0.4) is 0 Å². The molecule has 0 saturated carbocycles. The summed E-state index contributed by atoms with van der Waals surface area (Å²) < 4.78 is 0. The fourth-order valence-corrected chi connectivity index (χ4v) is 3.03. The van der Waals surface area contributed by atoms with Crippen molar-refractivity contribution in [3.63, 3.8) is 0 Å². The van der Waals surface area contributed by atoms with Gasteiger partial charge in [0.1, 0.15) is 12.3 Å². The molecule has 1 atom stereocenters. The van der Waals surface area contributed by atoms with Gasteiger partial charge in [-0.25, -0.2) is 0 Å². The molecule has 136 valence electrons. The number of halogens is 2. The molecule has 0 aromatic heterocycles. The van der Waals surface area contributed by atoms with Crippen molar-refractivity contribution < 1.29 is 14.7 Å². The largest absolute Gasteiger partial charge is 0.506 e. The van der Waals surface area contributed by atoms with Gasteiger partial charge in [0, 0.05) is 22.5 Å². The highest BCUT2D eigenvalue weighted by atomic mass is 35.5. The van der Waals surface area contributed by atoms with E-state index in [9.17, 15) is 14.7 Å². The summed E-state index contributed by atoms with van der Waals surface area (Å²) in [6.07, 6.45) is 0.247. The van der Waals surface area contributed by atoms with Crippen LogP contribution in [-0.2, 0) is 9.59 Å². The van der Waals surface area contributed by atoms with Crippen molar-refractivity contribution in [1.29, 1.82) is 0 Å². The van der Waals surface area contributed by atoms with Gasteiger partial charge in [-0.3, -0.25) is 14.9 Å². The van der Waals surface area contributed by atoms with Gasteiger partial charge < -0.3 is 15.3 Å². The highest BCUT2D eigenvalue weighted by Crippen LogP contribution is 2.27. The van der Waals surface area contributed by atoms with Crippen molar-refractivity contribution in [3.8, 4) is 5.75 Å². The molecular formula is C18H17Cl2N3O3. The first kappa shape index (κ1) is 18.5. The first-order valence-corrected chi connectivity index (χ1v) is 8.73. The molecule has 1 aliphatic heterocycles. The molecule has 8 heteroatoms. The zero-order valence-corrected chi connectivity index (χ0v) is 15.2. The van der Waals surface area contributed by atoms with E-state index in [1.165, 1.54) is 23.1 Å². The predicted octanol–water partition coefficient (Wildman–Crippen LogP) is 3.16. The number of phenolic OH excluding ortho intramolecular Hbond substituents is 1. The molecule has 0 aliphatic carbocycles. The highest BCUT2D eigenvalue weighted by molar-refractivity contribution is 6.31. The van der Waals surface area contributed by atoms with Gasteiger partial charge in [-0.05, 0) is 35.9 Å². The second kappa shape index (κ2) is 7.95. The topological polar surface area (TPSA) is 81.7 Å². The number of hydrogen-bond donors (Lipinski definition) is 3. The lowest BCUT2D eigenvalue weighted by atomic mass is 10.0. The Balaban J connectivity index is 1.58. The summed E-state index contributed by atoms with van der Waals surface area (Å²) in [4.78, 5) is 26.0. The summed E-state index contributed by atoms with van der Waals surface area (Å²) >= 11 is 11.7. The van der Waals surface area contributed by atoms with Gasteiger partial charge in [-0.2, -0.15) is 0 Å². The van der Waals surface area contributed by atoms with E-state index >= 15 is 0 Å². The maximum atomic E-state index is 12.4. The molecule has 2 amide bonds. The summed E-state index contributed by atoms with van der Waals surface area (Å²) in [5.74, 6) is -0.634. The van der Waals surface area contributed by atoms with E-state index in [1.54, 1.807) is 12.1 Å². The minimum atomic E-state index is -0.414. The van der Waals surface area contributed by atoms with Crippen LogP contribution < -0.4 is 10.6 Å². The molecule has 1 aliphatic rings. The number of carbonyl (C=O) groups excluding carboxylic acids is 2. The van der Waals surface area contributed by atoms with Crippen LogP contribution in [0.2, 0.25) is 10.0 Å². The Bertz CT molecular complexity index is 827. The molecule has 3 rings (SSSR count). The van der Waals surface area contributed by atoms with E-state index < -0.39 is 5.91 Å². The average Bonchev–Trinajstić information content (AvgIpc) is 2.60. The zero-order valence-electron chi connectivity index (χ0n) is 13.7. The summed E-state index contributed by atoms with van der Waals surface area (Å²) in [6.45, 7) is 0.131. The fraction of sp³-hybridized carbons (Fsp3) is 0.222. The Morgan fingerprint density at radius 2 is 1.88 bits per heavy atom. The van der Waals surface area contributed by atoms with Crippen LogP contribution in [0, 0.1) is 0 Å². The molecule has 0 radical (unpaired) electrons. The number of nitrogens with zero attached hydrogens (tertiary/aromatic N) is 1. The summed E-state index contributed by atoms with van der Waals surface area (Å²) in [6, 6.07) is 11.5. The molecule has 6 nitrogen and oxygen atoms in total. The third kappa shape index (κ3) is 4.46. The second-order valence-corrected chi connectivity index (χ2v) is 6.84. The van der Waals surface area contributed by atoms with Gasteiger partial charge in [0.15, 0.2) is 0 Å². The van der Waals surface area contributed by atoms with Gasteiger partial charge in [0.05, 0.1) is 12.4 Å². The van der Waals surface area contributed by atoms with E-state index in [1.807, 2.05) is 12.1 Å². The van der Waals surface area contributed by atoms with Gasteiger partial charge in [0.25, 0.3) is 0 Å². The lowest BCUT2D eigenvalue weighted by Gasteiger charge is -2.32. The molecule has 0 spiro atoms. The highest BCUT2D eigenvalue weighted by Gasteiger charge is 2.27. The minimum Gasteiger partial charge on any atom is -0.506 e. The van der Waals surface area contributed by atoms with E-state index in [0.29, 0.717) is 10.0 Å². The molecule has 2 aromatic rings. The second-order valence-electron chi connectivity index (χ2n) is 5.97. The van der Waals surface area contributed by atoms with Crippen LogP contribution in [0.5, 0.6) is 5.75 Å². The normalized spacial score (nSPS) is 17.2. The molecule has 1 unspecified atom stereocenters. The van der Waals surface area contributed by atoms with Crippen molar-refractivity contribution in [2.24, 2.45) is 0 Å². The number of aromatic hydroxyl groups is 1. The van der Waals surface area contributed by atoms with E-state index in [0.717, 1.165) is 5.56 Å². The molecule has 2 aromatic carbocycles. The van der Waals surface area contributed by atoms with Crippen LogP contribution in [0.15, 0.2) is 42.5 Å². The molecule has 26 heavy (non-hydrogen) atoms. The first-order chi connectivity index (χ1) is 12.4. The Morgan fingerprint density at radius 3 is 2.58 bits per heavy atom. The number of nitrogens with one attached hydrogen (secondary N) is 2. The monoisotopic (exact) mass is 393 g/mol. The fourth-order valence-electron chi connectivity index (χ4n) is 2.73. The number of carbonyl (C=O) groups is 2. The van der Waals surface area contributed by atoms with Crippen molar-refractivity contribution in [3.05, 3.63) is 58.1 Å². The molecule has 1 saturated heterocycles. The third-order valence-electron chi connectivity index (χ3n) is 4.10. The standard InChI is InChI=1S/C18H17Cl2N3O3/c19-12-3-1-11(2-4-12)14-8-18(26)23(10-21-14)9-17(25)22-15-7-13(20)5-6-16(15)24/h1-7,14,21,24H,8-10H2,(H,22,25). The number of benzene rings is 2. The minimum absolute atomic E-state index is 0.0892. The summed E-state index contributed by atoms with van der Waals surface area (Å²) in [7, 11) is 0. The molecule has 1 heterocycles. The van der Waals surface area contributed by atoms with Gasteiger partial charge >= 0.3 is 0 Å². The Morgan fingerprint density at radius 1 is 1.19 bits per heavy atom. The van der Waals surface area contributed by atoms with E-state index in [2.05, 4.69) is 10.6 Å². The number of hydrogen-bond acceptors (Lipinski definition) is 4. The number of amides is 2. The predicted molar refractivity (Wildman–Crippen MR) is 100 cm³/mol. The molecular weight excluding hydrogens is 377 g/mol. The number of rotatable bonds is 4. The van der Waals surface area contributed by atoms with Crippen LogP contribution in [0.25, 0.3) is 0 Å². The summed E-state index contributed by atoms with van der Waals surface area (Å²) in [5.41, 5.74) is 1.18. The quantitative estimate of drug-likeness (QED) is 0.696. The molecule has 1 fully saturated rings. The Kier molecular flexibility index (Phi) is 5.66. The van der Waals surface area contributed by atoms with Crippen molar-refractivity contribution in [2.45, 2.75) is 12.5 Å². The van der Waals surface area contributed by atoms with Crippen LogP contribution in [0.4, 0.5) is 5.69 Å². The number of phenols is 1. The lowest BCUT2D eigenvalue weighted by molar-refractivity contribution is -0.138. The van der Waals surface area contributed by atoms with E-state index in [4.69, 9.17) is 23.2 Å². The van der Waals surface area contributed by atoms with Crippen molar-refractivity contribution >= 4 is 40.7 Å². The molecule has 3 N–H and O–H groups in total. The van der Waals surface area contributed by atoms with E-state index in [-0.39, 0.29) is 43.0 Å². The Labute approximate surface area is 160 Å². The average molecular weight is 394 g/mol. The van der Waals surface area contributed by atoms with Gasteiger partial charge in [-0.15, -0.1) is 0 Å². The van der Waals surface area contributed by atoms with Crippen LogP contribution in [0.1, 0.15) is 18.0 Å². The van der Waals surface area contributed by atoms with Crippen LogP contribution >= 0.6 is 23.2 Å². The SMILES string of the molecule is O=C(CN1CNC(c2ccc(Cl)cc2)CC1=O)Nc1cc(Cl)ccc1O.